The fourth-order valence-corrected chi connectivity index (χ4v) is 5.45. The summed E-state index contributed by atoms with van der Waals surface area (Å²) in [5.41, 5.74) is 10.5. The van der Waals surface area contributed by atoms with Crippen LogP contribution in [-0.2, 0) is 9.50 Å². The topological polar surface area (TPSA) is 0 Å². The fraction of sp³-hybridized carbons (Fsp3) is 0.250. The second-order valence-electron chi connectivity index (χ2n) is 13.7. The molecule has 0 spiro atoms. The van der Waals surface area contributed by atoms with Crippen LogP contribution in [-0.4, -0.2) is 51.8 Å². The van der Waals surface area contributed by atoms with Crippen LogP contribution in [0.5, 0.6) is 0 Å². The Labute approximate surface area is 322 Å². The molecule has 254 valence electrons. The van der Waals surface area contributed by atoms with Crippen molar-refractivity contribution in [1.29, 1.82) is 0 Å². The molecular weight excluding hydrogens is 952 g/mol. The maximum absolute atomic E-state index is 5.48. The van der Waals surface area contributed by atoms with E-state index in [4.69, 9.17) is 17.0 Å². The van der Waals surface area contributed by atoms with E-state index in [0.717, 1.165) is 18.5 Å². The van der Waals surface area contributed by atoms with E-state index in [1.54, 1.807) is 0 Å². The van der Waals surface area contributed by atoms with E-state index in [2.05, 4.69) is 215 Å². The number of rotatable bonds is 4. The predicted octanol–water partition coefficient (Wildman–Crippen LogP) is 13.4. The number of hydrogen-bond donors (Lipinski definition) is 0. The first-order valence-corrected chi connectivity index (χ1v) is 38.8. The first-order chi connectivity index (χ1) is 22.3. The SMILES string of the molecule is C[Si]C.Cc1cc2c(-c3cccc([N+](C)(C)C)c3)cccc2[cH-]1.Cc1cc2c(-c3cccc([N+](C)(C)C)c3)cccc2[cH-]1.[Cl][Zr]([Cl])([I])[I]. The van der Waals surface area contributed by atoms with Crippen molar-refractivity contribution >= 4 is 95.6 Å². The van der Waals surface area contributed by atoms with E-state index in [1.807, 2.05) is 0 Å². The Kier molecular flexibility index (Phi) is 15.7. The molecule has 0 fully saturated rings. The summed E-state index contributed by atoms with van der Waals surface area (Å²) in [6, 6.07) is 39.9. The van der Waals surface area contributed by atoms with Crippen molar-refractivity contribution in [3.8, 4) is 22.3 Å². The van der Waals surface area contributed by atoms with Gasteiger partial charge in [-0.25, -0.2) is 0 Å². The summed E-state index contributed by atoms with van der Waals surface area (Å²) >= 11 is 4.21. The van der Waals surface area contributed by atoms with Crippen LogP contribution < -0.4 is 8.97 Å². The van der Waals surface area contributed by atoms with E-state index in [9.17, 15) is 0 Å². The van der Waals surface area contributed by atoms with Crippen LogP contribution in [0.2, 0.25) is 13.1 Å². The van der Waals surface area contributed by atoms with Crippen molar-refractivity contribution in [2.75, 3.05) is 42.3 Å². The number of nitrogens with zero attached hydrogens (tertiary/aromatic N) is 2. The van der Waals surface area contributed by atoms with Gasteiger partial charge < -0.3 is 0 Å². The standard InChI is InChI=1S/2C19H21N.C2H6Si.2ClH.2HI.Zr/c2*1-14-11-15-8-6-10-18(19(15)12-14)16-7-5-9-17(13-16)20(2,3)4;1-3-2;;;;;/h2*5-13H,1-4H3;1-2H3;4*1H;/q;;;;;;;+4/p-4. The van der Waals surface area contributed by atoms with E-state index < -0.39 is 9.50 Å². The van der Waals surface area contributed by atoms with Crippen molar-refractivity contribution in [3.05, 3.63) is 120 Å². The van der Waals surface area contributed by atoms with Gasteiger partial charge >= 0.3 is 62.6 Å². The maximum atomic E-state index is 5.48. The van der Waals surface area contributed by atoms with Crippen LogP contribution in [0.1, 0.15) is 11.1 Å². The molecule has 6 aromatic carbocycles. The summed E-state index contributed by atoms with van der Waals surface area (Å²) in [5, 5.41) is 5.36. The zero-order chi connectivity index (χ0) is 35.9. The third-order valence-electron chi connectivity index (χ3n) is 7.65. The van der Waals surface area contributed by atoms with Crippen molar-refractivity contribution in [2.24, 2.45) is 0 Å². The van der Waals surface area contributed by atoms with Gasteiger partial charge in [0.15, 0.2) is 0 Å². The molecule has 0 unspecified atom stereocenters. The fourth-order valence-electron chi connectivity index (χ4n) is 5.45. The van der Waals surface area contributed by atoms with Crippen LogP contribution >= 0.6 is 53.1 Å². The number of halogens is 4. The van der Waals surface area contributed by atoms with Crippen LogP contribution in [0.3, 0.4) is 0 Å². The minimum absolute atomic E-state index is 0.837. The van der Waals surface area contributed by atoms with Gasteiger partial charge in [0.05, 0.1) is 42.3 Å². The first-order valence-electron chi connectivity index (χ1n) is 15.8. The summed E-state index contributed by atoms with van der Waals surface area (Å²) < 4.78 is 1.67. The molecule has 2 radical (unpaired) electrons. The van der Waals surface area contributed by atoms with Gasteiger partial charge in [0.25, 0.3) is 0 Å². The van der Waals surface area contributed by atoms with Crippen molar-refractivity contribution in [1.82, 2.24) is 8.97 Å². The average Bonchev–Trinajstić information content (AvgIpc) is 3.57. The molecule has 0 amide bonds. The Morgan fingerprint density at radius 1 is 0.562 bits per heavy atom. The second kappa shape index (κ2) is 18.1. The third-order valence-corrected chi connectivity index (χ3v) is 7.65. The van der Waals surface area contributed by atoms with Crippen LogP contribution in [0, 0.1) is 13.8 Å². The van der Waals surface area contributed by atoms with Crippen LogP contribution in [0.15, 0.2) is 109 Å². The molecule has 0 aromatic heterocycles. The number of hydrogen-bond acceptors (Lipinski definition) is 0. The summed E-state index contributed by atoms with van der Waals surface area (Å²) in [7, 11) is 23.0. The molecule has 0 aliphatic carbocycles. The molecule has 0 bridgehead atoms. The summed E-state index contributed by atoms with van der Waals surface area (Å²) in [6.45, 7) is 8.62. The molecule has 48 heavy (non-hydrogen) atoms. The normalized spacial score (nSPS) is 11.6. The third kappa shape index (κ3) is 12.7. The van der Waals surface area contributed by atoms with Gasteiger partial charge in [0, 0.05) is 21.7 Å². The van der Waals surface area contributed by atoms with E-state index >= 15 is 0 Å². The zero-order valence-corrected chi connectivity index (χ0v) is 39.1. The predicted molar refractivity (Wildman–Crippen MR) is 236 cm³/mol. The van der Waals surface area contributed by atoms with E-state index in [0.29, 0.717) is 0 Å². The monoisotopic (exact) mass is 998 g/mol. The Hall–Kier alpha value is -0.840. The summed E-state index contributed by atoms with van der Waals surface area (Å²) in [5.74, 6) is 0. The van der Waals surface area contributed by atoms with Crippen LogP contribution in [0.4, 0.5) is 11.4 Å². The van der Waals surface area contributed by atoms with Gasteiger partial charge in [-0.3, -0.25) is 8.97 Å². The Morgan fingerprint density at radius 3 is 1.19 bits per heavy atom. The zero-order valence-electron chi connectivity index (χ0n) is 29.8. The Morgan fingerprint density at radius 2 is 0.875 bits per heavy atom. The number of aryl methyl sites for hydroxylation is 2. The second-order valence-corrected chi connectivity index (χ2v) is 71.1. The van der Waals surface area contributed by atoms with E-state index in [-0.39, 0.29) is 0 Å². The number of quaternary nitrogens is 2. The van der Waals surface area contributed by atoms with Gasteiger partial charge in [0.1, 0.15) is 11.4 Å². The summed E-state index contributed by atoms with van der Waals surface area (Å²) in [4.78, 5) is 0. The molecule has 0 aliphatic rings. The van der Waals surface area contributed by atoms with Gasteiger partial charge in [-0.05, 0) is 23.3 Å². The van der Waals surface area contributed by atoms with Crippen molar-refractivity contribution in [3.63, 3.8) is 0 Å². The number of fused-ring (bicyclic) bond motifs is 2. The molecule has 0 saturated heterocycles. The quantitative estimate of drug-likeness (QED) is 0.0715. The minimum atomic E-state index is -2.30. The molecular formula is C40H48Cl2I2N2SiZr. The molecule has 6 rings (SSSR count). The molecule has 6 aromatic rings. The first kappa shape index (κ1) is 41.6. The van der Waals surface area contributed by atoms with Crippen molar-refractivity contribution in [2.45, 2.75) is 26.9 Å². The van der Waals surface area contributed by atoms with Gasteiger partial charge in [-0.2, -0.15) is 12.1 Å². The molecule has 0 atom stereocenters. The molecule has 0 saturated carbocycles. The van der Waals surface area contributed by atoms with Crippen LogP contribution in [0.25, 0.3) is 43.8 Å². The Bertz CT molecular complexity index is 1790. The van der Waals surface area contributed by atoms with Crippen molar-refractivity contribution < 1.29 is 9.50 Å². The Balaban J connectivity index is 0.000000214. The average molecular weight is 1000 g/mol. The molecule has 0 aliphatic heterocycles. The van der Waals surface area contributed by atoms with Gasteiger partial charge in [0.2, 0.25) is 0 Å². The molecule has 0 N–H and O–H groups in total. The van der Waals surface area contributed by atoms with E-state index in [1.165, 1.54) is 66.3 Å². The molecule has 2 nitrogen and oxygen atoms in total. The van der Waals surface area contributed by atoms with Gasteiger partial charge in [-0.15, -0.1) is 69.1 Å². The number of benzene rings is 4. The molecule has 0 heterocycles. The van der Waals surface area contributed by atoms with Gasteiger partial charge in [-0.1, -0.05) is 74.5 Å². The summed E-state index contributed by atoms with van der Waals surface area (Å²) in [6.07, 6.45) is 0. The molecule has 8 heteroatoms.